The van der Waals surface area contributed by atoms with E-state index in [4.69, 9.17) is 0 Å². The SMILES string of the molecule is Cn1c(CC2CCS(=O)(=O)C2)nnc1SCC(=O)N1CCCCC1. The van der Waals surface area contributed by atoms with Crippen molar-refractivity contribution in [2.75, 3.05) is 30.3 Å². The molecule has 0 aliphatic carbocycles. The summed E-state index contributed by atoms with van der Waals surface area (Å²) in [6.45, 7) is 1.72. The van der Waals surface area contributed by atoms with E-state index in [0.717, 1.165) is 36.9 Å². The molecule has 2 saturated heterocycles. The first-order valence-corrected chi connectivity index (χ1v) is 11.2. The molecule has 0 spiro atoms. The van der Waals surface area contributed by atoms with Gasteiger partial charge in [0.05, 0.1) is 17.3 Å². The fourth-order valence-corrected chi connectivity index (χ4v) is 6.00. The molecule has 0 radical (unpaired) electrons. The standard InChI is InChI=1S/C15H24N4O3S2/c1-18-13(9-12-5-8-24(21,22)11-12)16-17-15(18)23-10-14(20)19-6-3-2-4-7-19/h12H,2-11H2,1H3. The molecule has 1 amide bonds. The van der Waals surface area contributed by atoms with Crippen LogP contribution in [0, 0.1) is 5.92 Å². The summed E-state index contributed by atoms with van der Waals surface area (Å²) in [4.78, 5) is 14.1. The van der Waals surface area contributed by atoms with Gasteiger partial charge in [-0.15, -0.1) is 10.2 Å². The first-order valence-electron chi connectivity index (χ1n) is 8.44. The summed E-state index contributed by atoms with van der Waals surface area (Å²) in [7, 11) is -0.987. The van der Waals surface area contributed by atoms with Crippen molar-refractivity contribution in [3.63, 3.8) is 0 Å². The molecule has 3 rings (SSSR count). The number of carbonyl (C=O) groups is 1. The average Bonchev–Trinajstić information content (AvgIpc) is 3.09. The second kappa shape index (κ2) is 7.43. The monoisotopic (exact) mass is 372 g/mol. The van der Waals surface area contributed by atoms with E-state index in [1.807, 2.05) is 16.5 Å². The molecule has 134 valence electrons. The number of sulfone groups is 1. The minimum atomic E-state index is -2.87. The van der Waals surface area contributed by atoms with Crippen LogP contribution >= 0.6 is 11.8 Å². The zero-order chi connectivity index (χ0) is 17.2. The minimum Gasteiger partial charge on any atom is -0.342 e. The Balaban J connectivity index is 1.54. The molecule has 9 heteroatoms. The van der Waals surface area contributed by atoms with Gasteiger partial charge in [-0.2, -0.15) is 0 Å². The molecule has 3 heterocycles. The van der Waals surface area contributed by atoms with Crippen molar-refractivity contribution in [2.45, 2.75) is 37.3 Å². The van der Waals surface area contributed by atoms with E-state index in [0.29, 0.717) is 18.6 Å². The highest BCUT2D eigenvalue weighted by Crippen LogP contribution is 2.24. The van der Waals surface area contributed by atoms with Crippen molar-refractivity contribution in [1.82, 2.24) is 19.7 Å². The maximum Gasteiger partial charge on any atom is 0.233 e. The van der Waals surface area contributed by atoms with Crippen molar-refractivity contribution in [3.8, 4) is 0 Å². The molecule has 0 aromatic carbocycles. The van der Waals surface area contributed by atoms with Gasteiger partial charge in [-0.1, -0.05) is 11.8 Å². The van der Waals surface area contributed by atoms with Crippen LogP contribution in [-0.2, 0) is 28.1 Å². The normalized spacial score (nSPS) is 23.5. The maximum absolute atomic E-state index is 12.2. The number of amides is 1. The Labute approximate surface area is 147 Å². The second-order valence-electron chi connectivity index (χ2n) is 6.66. The molecular formula is C15H24N4O3S2. The van der Waals surface area contributed by atoms with Gasteiger partial charge in [-0.05, 0) is 31.6 Å². The van der Waals surface area contributed by atoms with Crippen LogP contribution in [-0.4, -0.2) is 64.3 Å². The number of rotatable bonds is 5. The van der Waals surface area contributed by atoms with Gasteiger partial charge in [0, 0.05) is 26.6 Å². The zero-order valence-electron chi connectivity index (χ0n) is 14.0. The van der Waals surface area contributed by atoms with Crippen LogP contribution in [0.2, 0.25) is 0 Å². The predicted molar refractivity (Wildman–Crippen MR) is 92.6 cm³/mol. The number of likely N-dealkylation sites (tertiary alicyclic amines) is 1. The highest BCUT2D eigenvalue weighted by molar-refractivity contribution is 7.99. The molecule has 2 fully saturated rings. The van der Waals surface area contributed by atoms with Gasteiger partial charge >= 0.3 is 0 Å². The van der Waals surface area contributed by atoms with Crippen molar-refractivity contribution in [2.24, 2.45) is 13.0 Å². The molecule has 7 nitrogen and oxygen atoms in total. The van der Waals surface area contributed by atoms with E-state index in [-0.39, 0.29) is 23.3 Å². The molecule has 1 aromatic rings. The molecular weight excluding hydrogens is 348 g/mol. The van der Waals surface area contributed by atoms with Gasteiger partial charge in [0.2, 0.25) is 5.91 Å². The number of aromatic nitrogens is 3. The summed E-state index contributed by atoms with van der Waals surface area (Å²) < 4.78 is 25.0. The van der Waals surface area contributed by atoms with Crippen LogP contribution in [0.1, 0.15) is 31.5 Å². The number of hydrogen-bond acceptors (Lipinski definition) is 6. The van der Waals surface area contributed by atoms with Gasteiger partial charge < -0.3 is 9.47 Å². The van der Waals surface area contributed by atoms with Crippen LogP contribution in [0.5, 0.6) is 0 Å². The fourth-order valence-electron chi connectivity index (χ4n) is 3.30. The van der Waals surface area contributed by atoms with Crippen molar-refractivity contribution in [1.29, 1.82) is 0 Å². The third-order valence-electron chi connectivity index (χ3n) is 4.76. The molecule has 0 bridgehead atoms. The quantitative estimate of drug-likeness (QED) is 0.714. The Kier molecular flexibility index (Phi) is 5.49. The lowest BCUT2D eigenvalue weighted by Gasteiger charge is -2.26. The molecule has 0 saturated carbocycles. The summed E-state index contributed by atoms with van der Waals surface area (Å²) in [5, 5.41) is 9.08. The average molecular weight is 373 g/mol. The smallest absolute Gasteiger partial charge is 0.233 e. The van der Waals surface area contributed by atoms with Crippen LogP contribution in [0.15, 0.2) is 5.16 Å². The first-order chi connectivity index (χ1) is 11.4. The number of hydrogen-bond donors (Lipinski definition) is 0. The van der Waals surface area contributed by atoms with Crippen LogP contribution < -0.4 is 0 Å². The Morgan fingerprint density at radius 1 is 1.25 bits per heavy atom. The Morgan fingerprint density at radius 3 is 2.67 bits per heavy atom. The summed E-state index contributed by atoms with van der Waals surface area (Å²) in [6.07, 6.45) is 4.72. The highest BCUT2D eigenvalue weighted by atomic mass is 32.2. The van der Waals surface area contributed by atoms with Crippen LogP contribution in [0.25, 0.3) is 0 Å². The number of piperidine rings is 1. The summed E-state index contributed by atoms with van der Waals surface area (Å²) in [5.74, 6) is 1.99. The number of carbonyl (C=O) groups excluding carboxylic acids is 1. The third kappa shape index (κ3) is 4.30. The topological polar surface area (TPSA) is 85.2 Å². The van der Waals surface area contributed by atoms with Gasteiger partial charge in [-0.25, -0.2) is 8.42 Å². The van der Waals surface area contributed by atoms with Gasteiger partial charge in [0.15, 0.2) is 15.0 Å². The predicted octanol–water partition coefficient (Wildman–Crippen LogP) is 0.897. The van der Waals surface area contributed by atoms with E-state index >= 15 is 0 Å². The Bertz CT molecular complexity index is 696. The van der Waals surface area contributed by atoms with Crippen molar-refractivity contribution >= 4 is 27.5 Å². The molecule has 1 atom stereocenters. The molecule has 2 aliphatic rings. The maximum atomic E-state index is 12.2. The first kappa shape index (κ1) is 17.7. The highest BCUT2D eigenvalue weighted by Gasteiger charge is 2.29. The molecule has 1 unspecified atom stereocenters. The summed E-state index contributed by atoms with van der Waals surface area (Å²) in [6, 6.07) is 0. The van der Waals surface area contributed by atoms with Gasteiger partial charge in [0.1, 0.15) is 5.82 Å². The van der Waals surface area contributed by atoms with E-state index in [9.17, 15) is 13.2 Å². The molecule has 1 aromatic heterocycles. The molecule has 24 heavy (non-hydrogen) atoms. The van der Waals surface area contributed by atoms with Crippen molar-refractivity contribution in [3.05, 3.63) is 5.82 Å². The van der Waals surface area contributed by atoms with E-state index in [2.05, 4.69) is 10.2 Å². The lowest BCUT2D eigenvalue weighted by Crippen LogP contribution is -2.36. The fraction of sp³-hybridized carbons (Fsp3) is 0.800. The molecule has 2 aliphatic heterocycles. The van der Waals surface area contributed by atoms with Gasteiger partial charge in [-0.3, -0.25) is 4.79 Å². The lowest BCUT2D eigenvalue weighted by atomic mass is 10.1. The number of thioether (sulfide) groups is 1. The van der Waals surface area contributed by atoms with Crippen LogP contribution in [0.3, 0.4) is 0 Å². The summed E-state index contributed by atoms with van der Waals surface area (Å²) >= 11 is 1.41. The Morgan fingerprint density at radius 2 is 2.00 bits per heavy atom. The minimum absolute atomic E-state index is 0.130. The van der Waals surface area contributed by atoms with Gasteiger partial charge in [0.25, 0.3) is 0 Å². The largest absolute Gasteiger partial charge is 0.342 e. The van der Waals surface area contributed by atoms with Crippen LogP contribution in [0.4, 0.5) is 0 Å². The molecule has 0 N–H and O–H groups in total. The Hall–Kier alpha value is -1.09. The summed E-state index contributed by atoms with van der Waals surface area (Å²) in [5.41, 5.74) is 0. The van der Waals surface area contributed by atoms with E-state index in [1.54, 1.807) is 0 Å². The number of nitrogens with zero attached hydrogens (tertiary/aromatic N) is 4. The third-order valence-corrected chi connectivity index (χ3v) is 7.60. The van der Waals surface area contributed by atoms with E-state index in [1.165, 1.54) is 18.2 Å². The zero-order valence-corrected chi connectivity index (χ0v) is 15.6. The van der Waals surface area contributed by atoms with Crippen molar-refractivity contribution < 1.29 is 13.2 Å². The lowest BCUT2D eigenvalue weighted by molar-refractivity contribution is -0.129. The van der Waals surface area contributed by atoms with E-state index < -0.39 is 9.84 Å². The second-order valence-corrected chi connectivity index (χ2v) is 9.83.